The van der Waals surface area contributed by atoms with Gasteiger partial charge in [-0.05, 0) is 37.8 Å². The molecule has 0 N–H and O–H groups in total. The highest BCUT2D eigenvalue weighted by Gasteiger charge is 2.27. The van der Waals surface area contributed by atoms with Crippen LogP contribution in [-0.4, -0.2) is 17.6 Å². The predicted octanol–water partition coefficient (Wildman–Crippen LogP) is 2.92. The minimum Gasteiger partial charge on any atom is -0.465 e. The van der Waals surface area contributed by atoms with Crippen LogP contribution in [0.15, 0.2) is 24.4 Å². The van der Waals surface area contributed by atoms with E-state index in [4.69, 9.17) is 4.74 Å². The van der Waals surface area contributed by atoms with Crippen molar-refractivity contribution in [3.63, 3.8) is 0 Å². The molecule has 1 unspecified atom stereocenters. The first-order valence-corrected chi connectivity index (χ1v) is 6.38. The van der Waals surface area contributed by atoms with Gasteiger partial charge in [-0.2, -0.15) is 0 Å². The van der Waals surface area contributed by atoms with E-state index in [1.807, 2.05) is 25.1 Å². The molecule has 1 aliphatic carbocycles. The van der Waals surface area contributed by atoms with Crippen molar-refractivity contribution in [1.29, 1.82) is 0 Å². The molecule has 1 heterocycles. The summed E-state index contributed by atoms with van der Waals surface area (Å²) in [6.07, 6.45) is 6.34. The summed E-state index contributed by atoms with van der Waals surface area (Å²) in [5.41, 5.74) is 0.839. The van der Waals surface area contributed by atoms with E-state index in [-0.39, 0.29) is 11.9 Å². The molecule has 0 spiro atoms. The molecule has 1 aromatic rings. The van der Waals surface area contributed by atoms with Crippen molar-refractivity contribution in [2.45, 2.75) is 38.5 Å². The number of pyridine rings is 1. The second-order valence-electron chi connectivity index (χ2n) is 4.58. The lowest BCUT2D eigenvalue weighted by atomic mass is 9.97. The SMILES string of the molecule is CCOC(=O)C(CCC1CC1)c1ccccn1. The maximum absolute atomic E-state index is 11.9. The number of aromatic nitrogens is 1. The van der Waals surface area contributed by atoms with Gasteiger partial charge < -0.3 is 4.74 Å². The zero-order valence-corrected chi connectivity index (χ0v) is 10.3. The van der Waals surface area contributed by atoms with Crippen molar-refractivity contribution in [2.24, 2.45) is 5.92 Å². The second kappa shape index (κ2) is 5.80. The maximum Gasteiger partial charge on any atom is 0.315 e. The van der Waals surface area contributed by atoms with Gasteiger partial charge in [0.15, 0.2) is 0 Å². The second-order valence-corrected chi connectivity index (χ2v) is 4.58. The predicted molar refractivity (Wildman–Crippen MR) is 65.6 cm³/mol. The molecule has 0 radical (unpaired) electrons. The van der Waals surface area contributed by atoms with Crippen LogP contribution in [0.5, 0.6) is 0 Å². The van der Waals surface area contributed by atoms with E-state index in [9.17, 15) is 4.79 Å². The van der Waals surface area contributed by atoms with Crippen LogP contribution in [0.4, 0.5) is 0 Å². The summed E-state index contributed by atoms with van der Waals surface area (Å²) in [5.74, 6) is 0.513. The third-order valence-corrected chi connectivity index (χ3v) is 3.18. The molecule has 1 aliphatic rings. The highest BCUT2D eigenvalue weighted by Crippen LogP contribution is 2.36. The Morgan fingerprint density at radius 2 is 2.35 bits per heavy atom. The summed E-state index contributed by atoms with van der Waals surface area (Å²) in [6.45, 7) is 2.28. The van der Waals surface area contributed by atoms with Crippen LogP contribution in [0, 0.1) is 5.92 Å². The summed E-state index contributed by atoms with van der Waals surface area (Å²) in [7, 11) is 0. The first kappa shape index (κ1) is 12.1. The molecule has 1 atom stereocenters. The average molecular weight is 233 g/mol. The summed E-state index contributed by atoms with van der Waals surface area (Å²) < 4.78 is 5.13. The highest BCUT2D eigenvalue weighted by atomic mass is 16.5. The Labute approximate surface area is 102 Å². The maximum atomic E-state index is 11.9. The van der Waals surface area contributed by atoms with Crippen molar-refractivity contribution >= 4 is 5.97 Å². The molecule has 2 rings (SSSR count). The smallest absolute Gasteiger partial charge is 0.315 e. The normalized spacial score (nSPS) is 16.5. The van der Waals surface area contributed by atoms with Gasteiger partial charge in [-0.1, -0.05) is 18.9 Å². The Balaban J connectivity index is 2.02. The zero-order chi connectivity index (χ0) is 12.1. The lowest BCUT2D eigenvalue weighted by Crippen LogP contribution is -2.17. The lowest BCUT2D eigenvalue weighted by Gasteiger charge is -2.14. The molecular weight excluding hydrogens is 214 g/mol. The number of carbonyl (C=O) groups is 1. The molecule has 3 heteroatoms. The third kappa shape index (κ3) is 3.55. The molecule has 0 amide bonds. The summed E-state index contributed by atoms with van der Waals surface area (Å²) >= 11 is 0. The van der Waals surface area contributed by atoms with E-state index < -0.39 is 0 Å². The Hall–Kier alpha value is -1.38. The summed E-state index contributed by atoms with van der Waals surface area (Å²) in [5, 5.41) is 0. The fraction of sp³-hybridized carbons (Fsp3) is 0.571. The van der Waals surface area contributed by atoms with Crippen molar-refractivity contribution in [3.8, 4) is 0 Å². The Morgan fingerprint density at radius 1 is 1.53 bits per heavy atom. The van der Waals surface area contributed by atoms with Crippen LogP contribution in [0.25, 0.3) is 0 Å². The molecule has 0 aromatic carbocycles. The van der Waals surface area contributed by atoms with Gasteiger partial charge in [0.05, 0.1) is 18.2 Å². The first-order chi connectivity index (χ1) is 8.31. The standard InChI is InChI=1S/C14H19NO2/c1-2-17-14(16)12(9-8-11-6-7-11)13-5-3-4-10-15-13/h3-5,10-12H,2,6-9H2,1H3. The summed E-state index contributed by atoms with van der Waals surface area (Å²) in [4.78, 5) is 16.2. The van der Waals surface area contributed by atoms with Crippen LogP contribution in [0.3, 0.4) is 0 Å². The molecule has 1 saturated carbocycles. The van der Waals surface area contributed by atoms with Gasteiger partial charge in [-0.3, -0.25) is 9.78 Å². The zero-order valence-electron chi connectivity index (χ0n) is 10.3. The van der Waals surface area contributed by atoms with Gasteiger partial charge in [0, 0.05) is 6.20 Å². The van der Waals surface area contributed by atoms with Crippen LogP contribution in [0.1, 0.15) is 44.2 Å². The van der Waals surface area contributed by atoms with E-state index >= 15 is 0 Å². The number of hydrogen-bond donors (Lipinski definition) is 0. The number of carbonyl (C=O) groups excluding carboxylic acids is 1. The fourth-order valence-electron chi connectivity index (χ4n) is 2.02. The fourth-order valence-corrected chi connectivity index (χ4v) is 2.02. The number of ether oxygens (including phenoxy) is 1. The van der Waals surface area contributed by atoms with Crippen molar-refractivity contribution < 1.29 is 9.53 Å². The topological polar surface area (TPSA) is 39.2 Å². The molecule has 0 aliphatic heterocycles. The van der Waals surface area contributed by atoms with Gasteiger partial charge in [-0.15, -0.1) is 0 Å². The molecular formula is C14H19NO2. The van der Waals surface area contributed by atoms with Crippen LogP contribution in [0.2, 0.25) is 0 Å². The van der Waals surface area contributed by atoms with Crippen molar-refractivity contribution in [2.75, 3.05) is 6.61 Å². The molecule has 0 saturated heterocycles. The molecule has 17 heavy (non-hydrogen) atoms. The molecule has 0 bridgehead atoms. The number of hydrogen-bond acceptors (Lipinski definition) is 3. The molecule has 1 aromatic heterocycles. The van der Waals surface area contributed by atoms with Crippen LogP contribution < -0.4 is 0 Å². The summed E-state index contributed by atoms with van der Waals surface area (Å²) in [6, 6.07) is 5.70. The van der Waals surface area contributed by atoms with Crippen molar-refractivity contribution in [3.05, 3.63) is 30.1 Å². The minimum atomic E-state index is -0.184. The first-order valence-electron chi connectivity index (χ1n) is 6.38. The Kier molecular flexibility index (Phi) is 4.13. The van der Waals surface area contributed by atoms with Gasteiger partial charge in [0.2, 0.25) is 0 Å². The number of rotatable bonds is 6. The number of nitrogens with zero attached hydrogens (tertiary/aromatic N) is 1. The highest BCUT2D eigenvalue weighted by molar-refractivity contribution is 5.77. The molecule has 1 fully saturated rings. The van der Waals surface area contributed by atoms with Gasteiger partial charge >= 0.3 is 5.97 Å². The Bertz CT molecular complexity index is 360. The van der Waals surface area contributed by atoms with Gasteiger partial charge in [0.25, 0.3) is 0 Å². The van der Waals surface area contributed by atoms with Crippen molar-refractivity contribution in [1.82, 2.24) is 4.98 Å². The lowest BCUT2D eigenvalue weighted by molar-refractivity contribution is -0.145. The van der Waals surface area contributed by atoms with Gasteiger partial charge in [0.1, 0.15) is 0 Å². The monoisotopic (exact) mass is 233 g/mol. The van der Waals surface area contributed by atoms with Gasteiger partial charge in [-0.25, -0.2) is 0 Å². The third-order valence-electron chi connectivity index (χ3n) is 3.18. The van der Waals surface area contributed by atoms with E-state index in [0.29, 0.717) is 6.61 Å². The van der Waals surface area contributed by atoms with E-state index in [1.165, 1.54) is 12.8 Å². The van der Waals surface area contributed by atoms with Crippen LogP contribution in [-0.2, 0) is 9.53 Å². The van der Waals surface area contributed by atoms with Crippen LogP contribution >= 0.6 is 0 Å². The quantitative estimate of drug-likeness (QED) is 0.709. The Morgan fingerprint density at radius 3 is 2.94 bits per heavy atom. The molecule has 3 nitrogen and oxygen atoms in total. The van der Waals surface area contributed by atoms with E-state index in [2.05, 4.69) is 4.98 Å². The van der Waals surface area contributed by atoms with E-state index in [0.717, 1.165) is 24.5 Å². The largest absolute Gasteiger partial charge is 0.465 e. The number of esters is 1. The molecule has 92 valence electrons. The minimum absolute atomic E-state index is 0.133. The van der Waals surface area contributed by atoms with E-state index in [1.54, 1.807) is 6.20 Å². The average Bonchev–Trinajstić information content (AvgIpc) is 3.15.